The minimum Gasteiger partial charge on any atom is -0.478 e. The van der Waals surface area contributed by atoms with E-state index in [9.17, 15) is 4.79 Å². The Morgan fingerprint density at radius 2 is 2.33 bits per heavy atom. The summed E-state index contributed by atoms with van der Waals surface area (Å²) < 4.78 is 5.42. The van der Waals surface area contributed by atoms with E-state index in [1.54, 1.807) is 13.0 Å². The van der Waals surface area contributed by atoms with Crippen molar-refractivity contribution >= 4 is 5.97 Å². The van der Waals surface area contributed by atoms with Gasteiger partial charge in [-0.2, -0.15) is 0 Å². The minimum absolute atomic E-state index is 0.345. The Hall–Kier alpha value is -0.830. The van der Waals surface area contributed by atoms with E-state index in [4.69, 9.17) is 9.84 Å². The summed E-state index contributed by atoms with van der Waals surface area (Å²) in [4.78, 5) is 10.5. The van der Waals surface area contributed by atoms with Gasteiger partial charge in [0, 0.05) is 12.2 Å². The highest BCUT2D eigenvalue weighted by Crippen LogP contribution is 2.27. The van der Waals surface area contributed by atoms with Crippen molar-refractivity contribution in [2.24, 2.45) is 0 Å². The third-order valence-electron chi connectivity index (χ3n) is 2.11. The van der Waals surface area contributed by atoms with Gasteiger partial charge in [-0.05, 0) is 32.8 Å². The van der Waals surface area contributed by atoms with E-state index >= 15 is 0 Å². The highest BCUT2D eigenvalue weighted by molar-refractivity contribution is 5.86. The maximum atomic E-state index is 10.5. The van der Waals surface area contributed by atoms with Gasteiger partial charge in [-0.1, -0.05) is 0 Å². The van der Waals surface area contributed by atoms with Crippen molar-refractivity contribution in [3.63, 3.8) is 0 Å². The summed E-state index contributed by atoms with van der Waals surface area (Å²) in [7, 11) is 0. The first kappa shape index (κ1) is 9.26. The highest BCUT2D eigenvalue weighted by atomic mass is 16.5. The van der Waals surface area contributed by atoms with Crippen molar-refractivity contribution in [1.82, 2.24) is 0 Å². The molecular weight excluding hydrogens is 156 g/mol. The van der Waals surface area contributed by atoms with Gasteiger partial charge in [-0.15, -0.1) is 0 Å². The summed E-state index contributed by atoms with van der Waals surface area (Å²) in [6.07, 6.45) is 3.62. The molecule has 1 heterocycles. The molecule has 0 saturated carbocycles. The van der Waals surface area contributed by atoms with Crippen molar-refractivity contribution in [2.45, 2.75) is 32.3 Å². The summed E-state index contributed by atoms with van der Waals surface area (Å²) in [6, 6.07) is 0. The van der Waals surface area contributed by atoms with Gasteiger partial charge >= 0.3 is 5.97 Å². The van der Waals surface area contributed by atoms with Crippen LogP contribution in [-0.4, -0.2) is 23.3 Å². The molecule has 0 amide bonds. The fraction of sp³-hybridized carbons (Fsp3) is 0.667. The molecule has 0 aromatic carbocycles. The second-order valence-electron chi connectivity index (χ2n) is 3.40. The Kier molecular flexibility index (Phi) is 2.52. The lowest BCUT2D eigenvalue weighted by atomic mass is 10.00. The second kappa shape index (κ2) is 3.27. The quantitative estimate of drug-likeness (QED) is 0.640. The number of hydrogen-bond donors (Lipinski definition) is 1. The number of hydrogen-bond acceptors (Lipinski definition) is 2. The molecule has 0 aliphatic carbocycles. The standard InChI is InChI=1S/C9H14O3/c1-7(8(10)11)6-9(2)4-3-5-12-9/h6H,3-5H2,1-2H3,(H,10,11). The van der Waals surface area contributed by atoms with Gasteiger partial charge in [0.1, 0.15) is 0 Å². The van der Waals surface area contributed by atoms with Crippen molar-refractivity contribution in [1.29, 1.82) is 0 Å². The normalized spacial score (nSPS) is 30.7. The Balaban J connectivity index is 2.70. The van der Waals surface area contributed by atoms with Crippen LogP contribution in [0.4, 0.5) is 0 Å². The summed E-state index contributed by atoms with van der Waals surface area (Å²) in [5, 5.41) is 8.63. The molecule has 68 valence electrons. The van der Waals surface area contributed by atoms with Crippen LogP contribution in [-0.2, 0) is 9.53 Å². The SMILES string of the molecule is CC(=CC1(C)CCCO1)C(=O)O. The smallest absolute Gasteiger partial charge is 0.331 e. The fourth-order valence-electron chi connectivity index (χ4n) is 1.43. The third kappa shape index (κ3) is 2.08. The number of carboxylic acids is 1. The van der Waals surface area contributed by atoms with Gasteiger partial charge in [0.25, 0.3) is 0 Å². The summed E-state index contributed by atoms with van der Waals surface area (Å²) >= 11 is 0. The first-order valence-electron chi connectivity index (χ1n) is 4.10. The minimum atomic E-state index is -0.869. The largest absolute Gasteiger partial charge is 0.478 e. The molecule has 12 heavy (non-hydrogen) atoms. The number of carbonyl (C=O) groups is 1. The van der Waals surface area contributed by atoms with Gasteiger partial charge in [0.15, 0.2) is 0 Å². The lowest BCUT2D eigenvalue weighted by Crippen LogP contribution is -2.20. The lowest BCUT2D eigenvalue weighted by molar-refractivity contribution is -0.132. The average Bonchev–Trinajstić information content (AvgIpc) is 2.35. The number of rotatable bonds is 2. The summed E-state index contributed by atoms with van der Waals surface area (Å²) in [5.41, 5.74) is 0.0158. The zero-order valence-corrected chi connectivity index (χ0v) is 7.46. The summed E-state index contributed by atoms with van der Waals surface area (Å²) in [6.45, 7) is 4.25. The molecule has 1 unspecified atom stereocenters. The van der Waals surface area contributed by atoms with Crippen LogP contribution in [0.15, 0.2) is 11.6 Å². The highest BCUT2D eigenvalue weighted by Gasteiger charge is 2.27. The van der Waals surface area contributed by atoms with E-state index in [0.717, 1.165) is 19.4 Å². The fourth-order valence-corrected chi connectivity index (χ4v) is 1.43. The van der Waals surface area contributed by atoms with Gasteiger partial charge in [0.2, 0.25) is 0 Å². The maximum Gasteiger partial charge on any atom is 0.331 e. The van der Waals surface area contributed by atoms with E-state index in [2.05, 4.69) is 0 Å². The second-order valence-corrected chi connectivity index (χ2v) is 3.40. The van der Waals surface area contributed by atoms with Crippen LogP contribution < -0.4 is 0 Å². The van der Waals surface area contributed by atoms with Crippen LogP contribution in [0.5, 0.6) is 0 Å². The van der Waals surface area contributed by atoms with Crippen molar-refractivity contribution in [3.05, 3.63) is 11.6 Å². The average molecular weight is 170 g/mol. The van der Waals surface area contributed by atoms with Crippen molar-refractivity contribution in [3.8, 4) is 0 Å². The molecule has 0 bridgehead atoms. The molecule has 0 spiro atoms. The number of aliphatic carboxylic acids is 1. The zero-order valence-electron chi connectivity index (χ0n) is 7.46. The molecule has 0 aromatic heterocycles. The summed E-state index contributed by atoms with van der Waals surface area (Å²) in [5.74, 6) is -0.869. The van der Waals surface area contributed by atoms with Gasteiger partial charge in [-0.3, -0.25) is 0 Å². The molecule has 1 fully saturated rings. The molecule has 0 radical (unpaired) electrons. The zero-order chi connectivity index (χ0) is 9.19. The van der Waals surface area contributed by atoms with Crippen LogP contribution in [0.3, 0.4) is 0 Å². The first-order valence-corrected chi connectivity index (χ1v) is 4.10. The predicted molar refractivity (Wildman–Crippen MR) is 45.0 cm³/mol. The molecule has 3 heteroatoms. The Morgan fingerprint density at radius 1 is 1.67 bits per heavy atom. The Labute approximate surface area is 72.0 Å². The van der Waals surface area contributed by atoms with E-state index < -0.39 is 5.97 Å². The molecular formula is C9H14O3. The third-order valence-corrected chi connectivity index (χ3v) is 2.11. The molecule has 1 rings (SSSR count). The molecule has 1 N–H and O–H groups in total. The van der Waals surface area contributed by atoms with Gasteiger partial charge in [0.05, 0.1) is 5.60 Å². The molecule has 3 nitrogen and oxygen atoms in total. The molecule has 1 aliphatic heterocycles. The van der Waals surface area contributed by atoms with Crippen molar-refractivity contribution in [2.75, 3.05) is 6.61 Å². The van der Waals surface area contributed by atoms with Crippen LogP contribution in [0.1, 0.15) is 26.7 Å². The van der Waals surface area contributed by atoms with E-state index in [1.165, 1.54) is 0 Å². The molecule has 1 saturated heterocycles. The number of ether oxygens (including phenoxy) is 1. The number of carboxylic acid groups (broad SMARTS) is 1. The monoisotopic (exact) mass is 170 g/mol. The Bertz CT molecular complexity index is 212. The van der Waals surface area contributed by atoms with Crippen LogP contribution in [0.2, 0.25) is 0 Å². The van der Waals surface area contributed by atoms with Crippen LogP contribution in [0, 0.1) is 0 Å². The molecule has 0 aromatic rings. The van der Waals surface area contributed by atoms with E-state index in [0.29, 0.717) is 5.57 Å². The Morgan fingerprint density at radius 3 is 2.75 bits per heavy atom. The van der Waals surface area contributed by atoms with Crippen LogP contribution in [0.25, 0.3) is 0 Å². The molecule has 1 atom stereocenters. The van der Waals surface area contributed by atoms with Crippen LogP contribution >= 0.6 is 0 Å². The first-order chi connectivity index (χ1) is 5.53. The van der Waals surface area contributed by atoms with Gasteiger partial charge < -0.3 is 9.84 Å². The lowest BCUT2D eigenvalue weighted by Gasteiger charge is -2.18. The van der Waals surface area contributed by atoms with E-state index in [-0.39, 0.29) is 5.60 Å². The van der Waals surface area contributed by atoms with Gasteiger partial charge in [-0.25, -0.2) is 4.79 Å². The van der Waals surface area contributed by atoms with Crippen molar-refractivity contribution < 1.29 is 14.6 Å². The van der Waals surface area contributed by atoms with E-state index in [1.807, 2.05) is 6.92 Å². The molecule has 1 aliphatic rings. The predicted octanol–water partition coefficient (Wildman–Crippen LogP) is 1.59. The maximum absolute atomic E-state index is 10.5. The topological polar surface area (TPSA) is 46.5 Å².